The van der Waals surface area contributed by atoms with Crippen molar-refractivity contribution in [3.63, 3.8) is 0 Å². The van der Waals surface area contributed by atoms with Crippen LogP contribution in [-0.2, 0) is 6.42 Å². The van der Waals surface area contributed by atoms with E-state index in [9.17, 15) is 4.79 Å². The molecule has 0 saturated heterocycles. The molecule has 1 N–H and O–H groups in total. The van der Waals surface area contributed by atoms with Crippen molar-refractivity contribution in [2.75, 3.05) is 0 Å². The molecule has 0 spiro atoms. The van der Waals surface area contributed by atoms with Gasteiger partial charge < -0.3 is 4.98 Å². The second-order valence-corrected chi connectivity index (χ2v) is 4.56. The summed E-state index contributed by atoms with van der Waals surface area (Å²) in [5, 5.41) is 0. The van der Waals surface area contributed by atoms with Gasteiger partial charge in [-0.3, -0.25) is 9.78 Å². The van der Waals surface area contributed by atoms with E-state index in [2.05, 4.69) is 21.9 Å². The molecule has 0 aliphatic carbocycles. The number of aromatic nitrogens is 3. The maximum atomic E-state index is 11.7. The van der Waals surface area contributed by atoms with Crippen LogP contribution in [-0.4, -0.2) is 15.0 Å². The summed E-state index contributed by atoms with van der Waals surface area (Å²) in [6.45, 7) is 6.11. The maximum absolute atomic E-state index is 11.7. The number of hydrogen-bond acceptors (Lipinski definition) is 3. The van der Waals surface area contributed by atoms with Gasteiger partial charge in [-0.1, -0.05) is 20.8 Å². The summed E-state index contributed by atoms with van der Waals surface area (Å²) in [4.78, 5) is 23.1. The molecule has 0 amide bonds. The average Bonchev–Trinajstić information content (AvgIpc) is 2.38. The van der Waals surface area contributed by atoms with Gasteiger partial charge in [0.1, 0.15) is 5.82 Å². The van der Waals surface area contributed by atoms with Crippen LogP contribution in [0.25, 0.3) is 11.4 Å². The molecule has 0 saturated carbocycles. The van der Waals surface area contributed by atoms with E-state index in [1.807, 2.05) is 26.1 Å². The van der Waals surface area contributed by atoms with Crippen molar-refractivity contribution in [2.45, 2.75) is 33.1 Å². The minimum absolute atomic E-state index is 0.109. The predicted octanol–water partition coefficient (Wildman–Crippen LogP) is 2.52. The molecule has 2 rings (SSSR count). The van der Waals surface area contributed by atoms with Crippen molar-refractivity contribution in [1.29, 1.82) is 0 Å². The summed E-state index contributed by atoms with van der Waals surface area (Å²) in [6, 6.07) is 3.45. The molecule has 0 aliphatic heterocycles. The fourth-order valence-electron chi connectivity index (χ4n) is 1.84. The van der Waals surface area contributed by atoms with Crippen molar-refractivity contribution in [2.24, 2.45) is 0 Å². The molecule has 94 valence electrons. The number of nitrogens with one attached hydrogen (secondary N) is 1. The largest absolute Gasteiger partial charge is 0.307 e. The maximum Gasteiger partial charge on any atom is 0.251 e. The third-order valence-electron chi connectivity index (χ3n) is 2.89. The van der Waals surface area contributed by atoms with Gasteiger partial charge in [-0.05, 0) is 24.0 Å². The van der Waals surface area contributed by atoms with Gasteiger partial charge in [0.25, 0.3) is 5.56 Å². The molecule has 2 aromatic heterocycles. The van der Waals surface area contributed by atoms with Crippen molar-refractivity contribution in [1.82, 2.24) is 15.0 Å². The fraction of sp³-hybridized carbons (Fsp3) is 0.357. The minimum Gasteiger partial charge on any atom is -0.307 e. The monoisotopic (exact) mass is 243 g/mol. The van der Waals surface area contributed by atoms with E-state index in [-0.39, 0.29) is 11.5 Å². The van der Waals surface area contributed by atoms with Gasteiger partial charge in [0.2, 0.25) is 0 Å². The highest BCUT2D eigenvalue weighted by Crippen LogP contribution is 2.20. The summed E-state index contributed by atoms with van der Waals surface area (Å²) in [5.74, 6) is 0.864. The van der Waals surface area contributed by atoms with E-state index in [0.29, 0.717) is 5.82 Å². The molecule has 0 unspecified atom stereocenters. The van der Waals surface area contributed by atoms with Crippen molar-refractivity contribution in [3.8, 4) is 11.4 Å². The van der Waals surface area contributed by atoms with E-state index in [1.165, 1.54) is 0 Å². The Bertz CT molecular complexity index is 602. The first-order chi connectivity index (χ1) is 8.61. The van der Waals surface area contributed by atoms with Crippen LogP contribution in [0.5, 0.6) is 0 Å². The first kappa shape index (κ1) is 12.5. The molecule has 0 aromatic carbocycles. The lowest BCUT2D eigenvalue weighted by molar-refractivity contribution is 0.811. The van der Waals surface area contributed by atoms with Gasteiger partial charge in [0, 0.05) is 24.0 Å². The van der Waals surface area contributed by atoms with Gasteiger partial charge >= 0.3 is 0 Å². The molecular formula is C14H17N3O. The zero-order valence-corrected chi connectivity index (χ0v) is 10.9. The van der Waals surface area contributed by atoms with Crippen LogP contribution in [0.2, 0.25) is 0 Å². The Morgan fingerprint density at radius 1 is 1.39 bits per heavy atom. The summed E-state index contributed by atoms with van der Waals surface area (Å²) >= 11 is 0. The molecule has 4 heteroatoms. The highest BCUT2D eigenvalue weighted by Gasteiger charge is 2.09. The summed E-state index contributed by atoms with van der Waals surface area (Å²) < 4.78 is 0. The highest BCUT2D eigenvalue weighted by atomic mass is 16.1. The van der Waals surface area contributed by atoms with E-state index in [0.717, 1.165) is 23.2 Å². The van der Waals surface area contributed by atoms with Crippen LogP contribution in [0.4, 0.5) is 0 Å². The third kappa shape index (κ3) is 2.47. The lowest BCUT2D eigenvalue weighted by Crippen LogP contribution is -2.11. The molecule has 0 aliphatic rings. The lowest BCUT2D eigenvalue weighted by atomic mass is 10.1. The average molecular weight is 243 g/mol. The Morgan fingerprint density at radius 3 is 2.83 bits per heavy atom. The van der Waals surface area contributed by atoms with E-state index >= 15 is 0 Å². The number of nitrogens with zero attached hydrogens (tertiary/aromatic N) is 2. The second-order valence-electron chi connectivity index (χ2n) is 4.56. The number of rotatable bonds is 3. The smallest absolute Gasteiger partial charge is 0.251 e. The zero-order valence-electron chi connectivity index (χ0n) is 10.9. The fourth-order valence-corrected chi connectivity index (χ4v) is 1.84. The molecule has 0 radical (unpaired) electrons. The molecule has 0 atom stereocenters. The van der Waals surface area contributed by atoms with Crippen LogP contribution < -0.4 is 5.56 Å². The van der Waals surface area contributed by atoms with Gasteiger partial charge in [-0.25, -0.2) is 4.98 Å². The molecule has 2 heterocycles. The number of H-pyrrole nitrogens is 1. The molecule has 18 heavy (non-hydrogen) atoms. The predicted molar refractivity (Wildman–Crippen MR) is 71.6 cm³/mol. The molecule has 2 aromatic rings. The number of pyridine rings is 1. The summed E-state index contributed by atoms with van der Waals surface area (Å²) in [6.07, 6.45) is 4.40. The third-order valence-corrected chi connectivity index (χ3v) is 2.89. The standard InChI is InChI=1S/C14H17N3O/c1-4-10-8-15-6-5-11(10)14-16-12(9(2)3)7-13(18)17-14/h5-9H,4H2,1-3H3,(H,16,17,18). The van der Waals surface area contributed by atoms with Gasteiger partial charge in [0.05, 0.1) is 5.69 Å². The van der Waals surface area contributed by atoms with Gasteiger partial charge in [-0.15, -0.1) is 0 Å². The normalized spacial score (nSPS) is 10.9. The van der Waals surface area contributed by atoms with Gasteiger partial charge in [-0.2, -0.15) is 0 Å². The summed E-state index contributed by atoms with van der Waals surface area (Å²) in [5.41, 5.74) is 2.74. The Kier molecular flexibility index (Phi) is 3.55. The van der Waals surface area contributed by atoms with Crippen LogP contribution in [0, 0.1) is 0 Å². The molecule has 0 fully saturated rings. The van der Waals surface area contributed by atoms with E-state index in [4.69, 9.17) is 0 Å². The quantitative estimate of drug-likeness (QED) is 0.901. The molecule has 4 nitrogen and oxygen atoms in total. The zero-order chi connectivity index (χ0) is 13.1. The van der Waals surface area contributed by atoms with Gasteiger partial charge in [0.15, 0.2) is 0 Å². The topological polar surface area (TPSA) is 58.6 Å². The van der Waals surface area contributed by atoms with Crippen LogP contribution in [0.15, 0.2) is 29.3 Å². The SMILES string of the molecule is CCc1cnccc1-c1nc(C(C)C)cc(=O)[nH]1. The van der Waals surface area contributed by atoms with Crippen molar-refractivity contribution in [3.05, 3.63) is 46.1 Å². The minimum atomic E-state index is -0.109. The van der Waals surface area contributed by atoms with E-state index in [1.54, 1.807) is 12.3 Å². The first-order valence-electron chi connectivity index (χ1n) is 6.16. The number of aryl methyl sites for hydroxylation is 1. The Balaban J connectivity index is 2.60. The van der Waals surface area contributed by atoms with Crippen molar-refractivity contribution < 1.29 is 0 Å². The number of hydrogen-bond donors (Lipinski definition) is 1. The molecular weight excluding hydrogens is 226 g/mol. The lowest BCUT2D eigenvalue weighted by Gasteiger charge is -2.09. The molecule has 0 bridgehead atoms. The van der Waals surface area contributed by atoms with Crippen LogP contribution >= 0.6 is 0 Å². The van der Waals surface area contributed by atoms with Crippen LogP contribution in [0.3, 0.4) is 0 Å². The van der Waals surface area contributed by atoms with Crippen molar-refractivity contribution >= 4 is 0 Å². The first-order valence-corrected chi connectivity index (χ1v) is 6.16. The van der Waals surface area contributed by atoms with E-state index < -0.39 is 0 Å². The summed E-state index contributed by atoms with van der Waals surface area (Å²) in [7, 11) is 0. The Morgan fingerprint density at radius 2 is 2.17 bits per heavy atom. The Labute approximate surface area is 106 Å². The second kappa shape index (κ2) is 5.12. The highest BCUT2D eigenvalue weighted by molar-refractivity contribution is 5.59. The number of aromatic amines is 1. The van der Waals surface area contributed by atoms with Crippen LogP contribution in [0.1, 0.15) is 37.9 Å². The Hall–Kier alpha value is -1.97.